The number of rotatable bonds is 9. The van der Waals surface area contributed by atoms with Crippen LogP contribution in [-0.2, 0) is 9.59 Å². The van der Waals surface area contributed by atoms with Gasteiger partial charge in [0.15, 0.2) is 0 Å². The van der Waals surface area contributed by atoms with Crippen LogP contribution in [0.25, 0.3) is 0 Å². The zero-order chi connectivity index (χ0) is 11.7. The van der Waals surface area contributed by atoms with Crippen LogP contribution in [0.3, 0.4) is 0 Å². The van der Waals surface area contributed by atoms with Gasteiger partial charge in [0.2, 0.25) is 5.91 Å². The Labute approximate surface area is 90.0 Å². The maximum atomic E-state index is 10.4. The molecule has 0 rings (SSSR count). The van der Waals surface area contributed by atoms with E-state index in [0.29, 0.717) is 25.3 Å². The van der Waals surface area contributed by atoms with Crippen molar-refractivity contribution < 1.29 is 14.7 Å². The minimum Gasteiger partial charge on any atom is -0.481 e. The van der Waals surface area contributed by atoms with Crippen molar-refractivity contribution in [2.24, 2.45) is 11.7 Å². The molecule has 0 aliphatic carbocycles. The van der Waals surface area contributed by atoms with Crippen molar-refractivity contribution in [2.45, 2.75) is 32.6 Å². The van der Waals surface area contributed by atoms with Crippen molar-refractivity contribution in [1.29, 1.82) is 0 Å². The van der Waals surface area contributed by atoms with Crippen LogP contribution in [0.2, 0.25) is 0 Å². The van der Waals surface area contributed by atoms with Crippen molar-refractivity contribution >= 4 is 11.9 Å². The first kappa shape index (κ1) is 13.9. The van der Waals surface area contributed by atoms with E-state index in [1.165, 1.54) is 0 Å². The van der Waals surface area contributed by atoms with Crippen molar-refractivity contribution in [3.8, 4) is 0 Å². The minimum absolute atomic E-state index is 0.225. The average molecular weight is 216 g/mol. The van der Waals surface area contributed by atoms with Crippen molar-refractivity contribution in [2.75, 3.05) is 13.1 Å². The molecule has 0 aromatic heterocycles. The minimum atomic E-state index is -0.747. The Kier molecular flexibility index (Phi) is 7.62. The highest BCUT2D eigenvalue weighted by Gasteiger charge is 2.04. The largest absolute Gasteiger partial charge is 0.481 e. The van der Waals surface area contributed by atoms with Crippen LogP contribution >= 0.6 is 0 Å². The Bertz CT molecular complexity index is 207. The highest BCUT2D eigenvalue weighted by Crippen LogP contribution is 2.08. The van der Waals surface area contributed by atoms with Gasteiger partial charge in [-0.3, -0.25) is 9.59 Å². The van der Waals surface area contributed by atoms with E-state index in [1.807, 2.05) is 6.92 Å². The molecule has 15 heavy (non-hydrogen) atoms. The lowest BCUT2D eigenvalue weighted by atomic mass is 10.0. The summed E-state index contributed by atoms with van der Waals surface area (Å²) in [7, 11) is 0. The van der Waals surface area contributed by atoms with Gasteiger partial charge in [0.25, 0.3) is 0 Å². The van der Waals surface area contributed by atoms with Gasteiger partial charge < -0.3 is 16.2 Å². The average Bonchev–Trinajstić information content (AvgIpc) is 2.13. The van der Waals surface area contributed by atoms with Crippen molar-refractivity contribution in [3.05, 3.63) is 0 Å². The lowest BCUT2D eigenvalue weighted by Crippen LogP contribution is -2.23. The summed E-state index contributed by atoms with van der Waals surface area (Å²) >= 11 is 0. The molecule has 0 aromatic carbocycles. The third kappa shape index (κ3) is 10.8. The van der Waals surface area contributed by atoms with Crippen LogP contribution in [-0.4, -0.2) is 30.1 Å². The number of carboxylic acids is 1. The quantitative estimate of drug-likeness (QED) is 0.485. The lowest BCUT2D eigenvalue weighted by Gasteiger charge is -2.10. The molecule has 0 fully saturated rings. The van der Waals surface area contributed by atoms with Crippen LogP contribution in [0.5, 0.6) is 0 Å². The number of primary amides is 1. The van der Waals surface area contributed by atoms with E-state index in [4.69, 9.17) is 10.8 Å². The highest BCUT2D eigenvalue weighted by atomic mass is 16.4. The first-order valence-electron chi connectivity index (χ1n) is 5.23. The number of hydrogen-bond donors (Lipinski definition) is 3. The Morgan fingerprint density at radius 1 is 1.27 bits per heavy atom. The van der Waals surface area contributed by atoms with Gasteiger partial charge in [0.1, 0.15) is 0 Å². The number of nitrogens with one attached hydrogen (secondary N) is 1. The highest BCUT2D eigenvalue weighted by molar-refractivity contribution is 5.73. The number of carbonyl (C=O) groups excluding carboxylic acids is 1. The third-order valence-corrected chi connectivity index (χ3v) is 2.21. The number of amides is 1. The standard InChI is InChI=1S/C10H20N2O3/c1-8(2-3-10(14)15)4-6-12-7-5-9(11)13/h8,12H,2-7H2,1H3,(H2,11,13)(H,14,15). The summed E-state index contributed by atoms with van der Waals surface area (Å²) < 4.78 is 0. The Hall–Kier alpha value is -1.10. The number of nitrogens with two attached hydrogens (primary N) is 1. The predicted molar refractivity (Wildman–Crippen MR) is 57.3 cm³/mol. The summed E-state index contributed by atoms with van der Waals surface area (Å²) in [5.41, 5.74) is 4.97. The first-order chi connectivity index (χ1) is 7.02. The molecule has 0 aliphatic rings. The molecular formula is C10H20N2O3. The van der Waals surface area contributed by atoms with Gasteiger partial charge in [-0.15, -0.1) is 0 Å². The number of aliphatic carboxylic acids is 1. The van der Waals surface area contributed by atoms with Crippen LogP contribution < -0.4 is 11.1 Å². The summed E-state index contributed by atoms with van der Waals surface area (Å²) in [5, 5.41) is 11.6. The molecule has 4 N–H and O–H groups in total. The van der Waals surface area contributed by atoms with E-state index in [-0.39, 0.29) is 12.3 Å². The SMILES string of the molecule is CC(CCNCCC(N)=O)CCC(=O)O. The van der Waals surface area contributed by atoms with Crippen molar-refractivity contribution in [1.82, 2.24) is 5.32 Å². The molecule has 0 radical (unpaired) electrons. The smallest absolute Gasteiger partial charge is 0.303 e. The summed E-state index contributed by atoms with van der Waals surface area (Å²) in [6.07, 6.45) is 2.20. The van der Waals surface area contributed by atoms with Gasteiger partial charge in [-0.1, -0.05) is 6.92 Å². The Morgan fingerprint density at radius 3 is 2.47 bits per heavy atom. The molecule has 88 valence electrons. The van der Waals surface area contributed by atoms with E-state index < -0.39 is 5.97 Å². The molecule has 1 atom stereocenters. The monoisotopic (exact) mass is 216 g/mol. The molecule has 5 heteroatoms. The second kappa shape index (κ2) is 8.23. The number of hydrogen-bond acceptors (Lipinski definition) is 3. The van der Waals surface area contributed by atoms with Gasteiger partial charge in [-0.2, -0.15) is 0 Å². The molecule has 5 nitrogen and oxygen atoms in total. The number of carboxylic acid groups (broad SMARTS) is 1. The molecule has 0 spiro atoms. The molecule has 0 heterocycles. The molecule has 0 aromatic rings. The molecule has 0 bridgehead atoms. The molecule has 0 aliphatic heterocycles. The fourth-order valence-corrected chi connectivity index (χ4v) is 1.20. The number of carbonyl (C=O) groups is 2. The first-order valence-corrected chi connectivity index (χ1v) is 5.23. The predicted octanol–water partition coefficient (Wildman–Crippen LogP) is 0.342. The van der Waals surface area contributed by atoms with E-state index >= 15 is 0 Å². The Balaban J connectivity index is 3.27. The van der Waals surface area contributed by atoms with E-state index in [9.17, 15) is 9.59 Å². The Morgan fingerprint density at radius 2 is 1.93 bits per heavy atom. The fraction of sp³-hybridized carbons (Fsp3) is 0.800. The fourth-order valence-electron chi connectivity index (χ4n) is 1.20. The normalized spacial score (nSPS) is 12.3. The zero-order valence-electron chi connectivity index (χ0n) is 9.16. The molecular weight excluding hydrogens is 196 g/mol. The molecule has 1 unspecified atom stereocenters. The maximum absolute atomic E-state index is 10.4. The second-order valence-electron chi connectivity index (χ2n) is 3.79. The van der Waals surface area contributed by atoms with Gasteiger partial charge in [-0.05, 0) is 25.3 Å². The van der Waals surface area contributed by atoms with E-state index in [1.54, 1.807) is 0 Å². The van der Waals surface area contributed by atoms with Crippen LogP contribution in [0.4, 0.5) is 0 Å². The molecule has 1 amide bonds. The van der Waals surface area contributed by atoms with Gasteiger partial charge in [0.05, 0.1) is 0 Å². The second-order valence-corrected chi connectivity index (χ2v) is 3.79. The van der Waals surface area contributed by atoms with Crippen LogP contribution in [0.1, 0.15) is 32.6 Å². The third-order valence-electron chi connectivity index (χ3n) is 2.21. The summed E-state index contributed by atoms with van der Waals surface area (Å²) in [6, 6.07) is 0. The van der Waals surface area contributed by atoms with Crippen LogP contribution in [0, 0.1) is 5.92 Å². The molecule has 0 saturated heterocycles. The summed E-state index contributed by atoms with van der Waals surface area (Å²) in [5.74, 6) is -0.660. The summed E-state index contributed by atoms with van der Waals surface area (Å²) in [4.78, 5) is 20.7. The maximum Gasteiger partial charge on any atom is 0.303 e. The van der Waals surface area contributed by atoms with Crippen LogP contribution in [0.15, 0.2) is 0 Å². The van der Waals surface area contributed by atoms with E-state index in [0.717, 1.165) is 13.0 Å². The zero-order valence-corrected chi connectivity index (χ0v) is 9.16. The molecule has 0 saturated carbocycles. The van der Waals surface area contributed by atoms with Crippen molar-refractivity contribution in [3.63, 3.8) is 0 Å². The van der Waals surface area contributed by atoms with Gasteiger partial charge in [0, 0.05) is 19.4 Å². The summed E-state index contributed by atoms with van der Waals surface area (Å²) in [6.45, 7) is 3.42. The lowest BCUT2D eigenvalue weighted by molar-refractivity contribution is -0.137. The topological polar surface area (TPSA) is 92.4 Å². The van der Waals surface area contributed by atoms with Gasteiger partial charge in [-0.25, -0.2) is 0 Å². The van der Waals surface area contributed by atoms with E-state index in [2.05, 4.69) is 5.32 Å². The van der Waals surface area contributed by atoms with Gasteiger partial charge >= 0.3 is 5.97 Å².